The lowest BCUT2D eigenvalue weighted by molar-refractivity contribution is 0.480. The highest BCUT2D eigenvalue weighted by Crippen LogP contribution is 2.30. The van der Waals surface area contributed by atoms with Gasteiger partial charge in [-0.25, -0.2) is 13.1 Å². The first-order valence-electron chi connectivity index (χ1n) is 8.70. The molecule has 0 bridgehead atoms. The second-order valence-corrected chi connectivity index (χ2v) is 9.20. The Hall–Kier alpha value is -2.27. The summed E-state index contributed by atoms with van der Waals surface area (Å²) in [6.45, 7) is 0.177. The van der Waals surface area contributed by atoms with E-state index in [1.54, 1.807) is 36.4 Å². The number of nitrogens with zero attached hydrogens (tertiary/aromatic N) is 1. The first kappa shape index (κ1) is 22.4. The highest BCUT2D eigenvalue weighted by Gasteiger charge is 2.15. The van der Waals surface area contributed by atoms with Crippen LogP contribution in [-0.2, 0) is 16.4 Å². The number of halogens is 3. The number of nitrogens with one attached hydrogen (secondary N) is 1. The first-order valence-corrected chi connectivity index (χ1v) is 11.3. The second kappa shape index (κ2) is 9.69. The normalized spacial score (nSPS) is 11.1. The summed E-state index contributed by atoms with van der Waals surface area (Å²) in [5, 5.41) is 10.5. The van der Waals surface area contributed by atoms with Gasteiger partial charge in [-0.2, -0.15) is 5.26 Å². The van der Waals surface area contributed by atoms with Crippen LogP contribution in [0.4, 0.5) is 0 Å². The Bertz CT molecular complexity index is 1210. The van der Waals surface area contributed by atoms with E-state index in [0.717, 1.165) is 5.56 Å². The fraction of sp³-hybridized carbons (Fsp3) is 0.0952. The molecule has 3 aromatic carbocycles. The third-order valence-electron chi connectivity index (χ3n) is 4.15. The van der Waals surface area contributed by atoms with Gasteiger partial charge in [-0.15, -0.1) is 0 Å². The van der Waals surface area contributed by atoms with Crippen molar-refractivity contribution in [3.8, 4) is 17.6 Å². The molecular formula is C21H15Cl3N2O3S. The molecular weight excluding hydrogens is 467 g/mol. The van der Waals surface area contributed by atoms with Gasteiger partial charge in [0.1, 0.15) is 23.1 Å². The Kier molecular flexibility index (Phi) is 7.24. The Morgan fingerprint density at radius 1 is 0.967 bits per heavy atom. The molecule has 3 aromatic rings. The van der Waals surface area contributed by atoms with E-state index < -0.39 is 10.0 Å². The summed E-state index contributed by atoms with van der Waals surface area (Å²) in [4.78, 5) is 0.0867. The monoisotopic (exact) mass is 480 g/mol. The van der Waals surface area contributed by atoms with Gasteiger partial charge in [0.25, 0.3) is 0 Å². The molecule has 9 heteroatoms. The second-order valence-electron chi connectivity index (χ2n) is 6.18. The van der Waals surface area contributed by atoms with Crippen molar-refractivity contribution in [1.29, 1.82) is 5.26 Å². The van der Waals surface area contributed by atoms with Gasteiger partial charge in [0.15, 0.2) is 0 Å². The van der Waals surface area contributed by atoms with Crippen LogP contribution in [0.5, 0.6) is 11.5 Å². The molecule has 0 aliphatic rings. The quantitative estimate of drug-likeness (QED) is 0.460. The van der Waals surface area contributed by atoms with Crippen LogP contribution in [0.2, 0.25) is 15.1 Å². The molecule has 0 aromatic heterocycles. The minimum atomic E-state index is -3.71. The van der Waals surface area contributed by atoms with Gasteiger partial charge in [-0.3, -0.25) is 0 Å². The van der Waals surface area contributed by atoms with Crippen LogP contribution >= 0.6 is 34.8 Å². The Morgan fingerprint density at radius 2 is 1.70 bits per heavy atom. The third kappa shape index (κ3) is 5.45. The van der Waals surface area contributed by atoms with Gasteiger partial charge in [0.2, 0.25) is 10.0 Å². The van der Waals surface area contributed by atoms with Crippen LogP contribution in [0.25, 0.3) is 0 Å². The average molecular weight is 482 g/mol. The smallest absolute Gasteiger partial charge is 0.240 e. The van der Waals surface area contributed by atoms with Crippen molar-refractivity contribution in [2.75, 3.05) is 6.54 Å². The van der Waals surface area contributed by atoms with Crippen molar-refractivity contribution in [2.45, 2.75) is 11.3 Å². The zero-order valence-electron chi connectivity index (χ0n) is 15.4. The van der Waals surface area contributed by atoms with Gasteiger partial charge in [-0.1, -0.05) is 46.9 Å². The largest absolute Gasteiger partial charge is 0.456 e. The van der Waals surface area contributed by atoms with Crippen LogP contribution in [0.3, 0.4) is 0 Å². The molecule has 0 unspecified atom stereocenters. The van der Waals surface area contributed by atoms with Crippen LogP contribution in [0.15, 0.2) is 65.6 Å². The molecule has 1 N–H and O–H groups in total. The summed E-state index contributed by atoms with van der Waals surface area (Å²) in [6.07, 6.45) is 0.419. The predicted octanol–water partition coefficient (Wildman–Crippen LogP) is 5.83. The molecule has 0 heterocycles. The minimum absolute atomic E-state index is 0.0867. The van der Waals surface area contributed by atoms with Gasteiger partial charge >= 0.3 is 0 Å². The van der Waals surface area contributed by atoms with Crippen LogP contribution in [0.1, 0.15) is 11.1 Å². The van der Waals surface area contributed by atoms with E-state index in [0.29, 0.717) is 28.0 Å². The van der Waals surface area contributed by atoms with E-state index in [9.17, 15) is 13.7 Å². The summed E-state index contributed by atoms with van der Waals surface area (Å²) < 4.78 is 33.2. The fourth-order valence-electron chi connectivity index (χ4n) is 2.64. The number of ether oxygens (including phenoxy) is 1. The molecule has 0 amide bonds. The first-order chi connectivity index (χ1) is 14.3. The number of rotatable bonds is 7. The molecule has 0 radical (unpaired) electrons. The lowest BCUT2D eigenvalue weighted by atomic mass is 10.1. The average Bonchev–Trinajstić information content (AvgIpc) is 2.70. The summed E-state index contributed by atoms with van der Waals surface area (Å²) >= 11 is 18.0. The van der Waals surface area contributed by atoms with Crippen molar-refractivity contribution in [3.63, 3.8) is 0 Å². The molecule has 30 heavy (non-hydrogen) atoms. The van der Waals surface area contributed by atoms with E-state index in [1.165, 1.54) is 24.3 Å². The topological polar surface area (TPSA) is 79.2 Å². The highest BCUT2D eigenvalue weighted by molar-refractivity contribution is 7.89. The number of hydrogen-bond acceptors (Lipinski definition) is 4. The summed E-state index contributed by atoms with van der Waals surface area (Å²) in [5.41, 5.74) is 1.00. The standard InChI is InChI=1S/C21H15Cl3N2O3S/c22-15-5-4-14(20(24)12-15)10-11-26-30(27,28)17-8-6-16(7-9-17)29-21-3-1-2-19(23)18(21)13-25/h1-9,12,26H,10-11H2. The molecule has 0 spiro atoms. The van der Waals surface area contributed by atoms with E-state index in [1.807, 2.05) is 6.07 Å². The summed E-state index contributed by atoms with van der Waals surface area (Å²) in [7, 11) is -3.71. The van der Waals surface area contributed by atoms with Crippen molar-refractivity contribution < 1.29 is 13.2 Å². The molecule has 0 saturated heterocycles. The maximum absolute atomic E-state index is 12.5. The minimum Gasteiger partial charge on any atom is -0.456 e. The number of sulfonamides is 1. The zero-order valence-corrected chi connectivity index (χ0v) is 18.5. The van der Waals surface area contributed by atoms with E-state index in [-0.39, 0.29) is 22.0 Å². The van der Waals surface area contributed by atoms with E-state index in [4.69, 9.17) is 39.5 Å². The van der Waals surface area contributed by atoms with Crippen molar-refractivity contribution in [3.05, 3.63) is 86.9 Å². The molecule has 0 aliphatic carbocycles. The zero-order chi connectivity index (χ0) is 21.7. The Balaban J connectivity index is 1.66. The Labute approximate surface area is 189 Å². The van der Waals surface area contributed by atoms with E-state index in [2.05, 4.69) is 4.72 Å². The molecule has 0 aliphatic heterocycles. The van der Waals surface area contributed by atoms with Crippen molar-refractivity contribution in [1.82, 2.24) is 4.72 Å². The van der Waals surface area contributed by atoms with E-state index >= 15 is 0 Å². The molecule has 0 saturated carbocycles. The Morgan fingerprint density at radius 3 is 2.37 bits per heavy atom. The molecule has 5 nitrogen and oxygen atoms in total. The molecule has 154 valence electrons. The van der Waals surface area contributed by atoms with Crippen LogP contribution in [-0.4, -0.2) is 15.0 Å². The van der Waals surface area contributed by atoms with Crippen molar-refractivity contribution >= 4 is 44.8 Å². The number of benzene rings is 3. The SMILES string of the molecule is N#Cc1c(Cl)cccc1Oc1ccc(S(=O)(=O)NCCc2ccc(Cl)cc2Cl)cc1. The highest BCUT2D eigenvalue weighted by atomic mass is 35.5. The third-order valence-corrected chi connectivity index (χ3v) is 6.53. The molecule has 0 fully saturated rings. The summed E-state index contributed by atoms with van der Waals surface area (Å²) in [5.74, 6) is 0.666. The summed E-state index contributed by atoms with van der Waals surface area (Å²) in [6, 6.07) is 17.8. The van der Waals surface area contributed by atoms with Gasteiger partial charge < -0.3 is 4.74 Å². The maximum Gasteiger partial charge on any atom is 0.240 e. The fourth-order valence-corrected chi connectivity index (χ4v) is 4.38. The number of nitriles is 1. The maximum atomic E-state index is 12.5. The van der Waals surface area contributed by atoms with Crippen LogP contribution in [0, 0.1) is 11.3 Å². The lowest BCUT2D eigenvalue weighted by Gasteiger charge is -2.10. The van der Waals surface area contributed by atoms with Crippen molar-refractivity contribution in [2.24, 2.45) is 0 Å². The van der Waals surface area contributed by atoms with Crippen LogP contribution < -0.4 is 9.46 Å². The van der Waals surface area contributed by atoms with Gasteiger partial charge in [0, 0.05) is 16.6 Å². The number of hydrogen-bond donors (Lipinski definition) is 1. The predicted molar refractivity (Wildman–Crippen MR) is 118 cm³/mol. The lowest BCUT2D eigenvalue weighted by Crippen LogP contribution is -2.26. The molecule has 0 atom stereocenters. The van der Waals surface area contributed by atoms with Gasteiger partial charge in [0.05, 0.1) is 9.92 Å². The molecule has 3 rings (SSSR count). The van der Waals surface area contributed by atoms with Gasteiger partial charge in [-0.05, 0) is 60.5 Å².